The van der Waals surface area contributed by atoms with E-state index in [2.05, 4.69) is 73.3 Å². The number of hydrogen-bond donors (Lipinski definition) is 0. The van der Waals surface area contributed by atoms with Gasteiger partial charge in [-0.05, 0) is 67.1 Å². The van der Waals surface area contributed by atoms with Gasteiger partial charge in [-0.3, -0.25) is 0 Å². The van der Waals surface area contributed by atoms with Gasteiger partial charge in [0, 0.05) is 7.05 Å². The van der Waals surface area contributed by atoms with E-state index in [1.165, 1.54) is 105 Å². The van der Waals surface area contributed by atoms with Gasteiger partial charge in [-0.2, -0.15) is 0 Å². The van der Waals surface area contributed by atoms with E-state index >= 15 is 0 Å². The lowest BCUT2D eigenvalue weighted by atomic mass is 10.1. The molecule has 0 unspecified atom stereocenters. The molecular formula is C40H55N5O3S3. The molecule has 0 radical (unpaired) electrons. The number of benzene rings is 3. The molecule has 51 heavy (non-hydrogen) atoms. The summed E-state index contributed by atoms with van der Waals surface area (Å²) in [5.74, 6) is 0. The molecule has 0 saturated carbocycles. The number of unbranched alkanes of at least 4 members (excludes halogenated alkanes) is 4. The Labute approximate surface area is 312 Å². The van der Waals surface area contributed by atoms with Crippen molar-refractivity contribution in [3.8, 4) is 0 Å². The van der Waals surface area contributed by atoms with Crippen molar-refractivity contribution in [3.63, 3.8) is 0 Å². The molecule has 2 heterocycles. The third-order valence-electron chi connectivity index (χ3n) is 9.38. The molecule has 0 atom stereocenters. The van der Waals surface area contributed by atoms with Crippen LogP contribution in [-0.4, -0.2) is 52.8 Å². The molecule has 0 fully saturated rings. The first kappa shape index (κ1) is 40.4. The molecule has 276 valence electrons. The van der Waals surface area contributed by atoms with Gasteiger partial charge in [0.25, 0.3) is 0 Å². The van der Waals surface area contributed by atoms with Gasteiger partial charge in [-0.15, -0.1) is 10.2 Å². The minimum absolute atomic E-state index is 0.254. The first-order valence-corrected chi connectivity index (χ1v) is 21.4. The van der Waals surface area contributed by atoms with Crippen molar-refractivity contribution >= 4 is 59.3 Å². The quantitative estimate of drug-likeness (QED) is 0.0539. The van der Waals surface area contributed by atoms with E-state index in [0.717, 1.165) is 31.7 Å². The third-order valence-corrected chi connectivity index (χ3v) is 12.3. The maximum atomic E-state index is 11.4. The number of aryl methyl sites for hydroxylation is 1. The lowest BCUT2D eigenvalue weighted by Gasteiger charge is -2.39. The largest absolute Gasteiger partial charge is 0.744 e. The highest BCUT2D eigenvalue weighted by Crippen LogP contribution is 2.22. The Hall–Kier alpha value is -3.35. The molecule has 3 aromatic carbocycles. The summed E-state index contributed by atoms with van der Waals surface area (Å²) in [6, 6.07) is 20.6. The summed E-state index contributed by atoms with van der Waals surface area (Å²) in [5, 5.41) is 9.06. The van der Waals surface area contributed by atoms with Crippen LogP contribution in [0.2, 0.25) is 0 Å². The number of quaternary nitrogens is 1. The normalized spacial score (nSPS) is 12.8. The molecule has 0 aliphatic heterocycles. The summed E-state index contributed by atoms with van der Waals surface area (Å²) < 4.78 is 41.3. The van der Waals surface area contributed by atoms with Crippen LogP contribution in [0.4, 0.5) is 0 Å². The summed E-state index contributed by atoms with van der Waals surface area (Å²) in [6.07, 6.45) is 12.9. The Morgan fingerprint density at radius 1 is 0.745 bits per heavy atom. The van der Waals surface area contributed by atoms with Crippen LogP contribution in [0.25, 0.3) is 26.5 Å². The summed E-state index contributed by atoms with van der Waals surface area (Å²) in [7, 11) is -2.69. The molecule has 0 bridgehead atoms. The molecule has 0 N–H and O–H groups in total. The molecule has 2 aromatic heterocycles. The predicted octanol–water partition coefficient (Wildman–Crippen LogP) is 9.27. The van der Waals surface area contributed by atoms with Crippen molar-refractivity contribution in [1.29, 1.82) is 0 Å². The Bertz CT molecular complexity index is 2070. The highest BCUT2D eigenvalue weighted by Gasteiger charge is 2.24. The molecule has 5 rings (SSSR count). The second-order valence-corrected chi connectivity index (χ2v) is 16.7. The lowest BCUT2D eigenvalue weighted by Crippen LogP contribution is -2.50. The van der Waals surface area contributed by atoms with Crippen molar-refractivity contribution < 1.29 is 17.5 Å². The summed E-state index contributed by atoms with van der Waals surface area (Å²) in [6.45, 7) is 19.5. The zero-order chi connectivity index (χ0) is 36.9. The number of aromatic nitrogens is 2. The van der Waals surface area contributed by atoms with Crippen molar-refractivity contribution in [2.75, 3.05) is 26.2 Å². The van der Waals surface area contributed by atoms with E-state index in [0.29, 0.717) is 16.0 Å². The van der Waals surface area contributed by atoms with Gasteiger partial charge < -0.3 is 18.2 Å². The van der Waals surface area contributed by atoms with E-state index in [1.54, 1.807) is 17.4 Å². The predicted molar refractivity (Wildman–Crippen MR) is 215 cm³/mol. The second kappa shape index (κ2) is 19.5. The van der Waals surface area contributed by atoms with Crippen LogP contribution in [0.1, 0.15) is 90.2 Å². The fourth-order valence-electron chi connectivity index (χ4n) is 6.29. The molecule has 0 aliphatic rings. The van der Waals surface area contributed by atoms with Gasteiger partial charge in [0.05, 0.1) is 58.1 Å². The van der Waals surface area contributed by atoms with Crippen LogP contribution in [0.3, 0.4) is 0 Å². The Morgan fingerprint density at radius 3 is 1.84 bits per heavy atom. The SMILES string of the molecule is C=Cc1ccc(Cn2/c(=N\N=c3\sc4cc(S(=O)(=O)[O-])ccc4n3C)sc3ccccc32)cc1.CCCC[N+](CCCC)(CCCC)CCCC. The summed E-state index contributed by atoms with van der Waals surface area (Å²) in [4.78, 5) is 1.08. The molecule has 8 nitrogen and oxygen atoms in total. The van der Waals surface area contributed by atoms with Crippen molar-refractivity contribution in [2.24, 2.45) is 17.3 Å². The van der Waals surface area contributed by atoms with E-state index in [1.807, 2.05) is 42.0 Å². The fourth-order valence-corrected chi connectivity index (χ4v) is 8.85. The van der Waals surface area contributed by atoms with E-state index in [-0.39, 0.29) is 4.90 Å². The van der Waals surface area contributed by atoms with Crippen LogP contribution in [0.15, 0.2) is 88.4 Å². The molecule has 0 aliphatic carbocycles. The molecule has 0 amide bonds. The average Bonchev–Trinajstić information content (AvgIpc) is 3.65. The smallest absolute Gasteiger partial charge is 0.212 e. The first-order valence-electron chi connectivity index (χ1n) is 18.4. The second-order valence-electron chi connectivity index (χ2n) is 13.3. The molecular weight excluding hydrogens is 695 g/mol. The summed E-state index contributed by atoms with van der Waals surface area (Å²) >= 11 is 2.83. The summed E-state index contributed by atoms with van der Waals surface area (Å²) in [5.41, 5.74) is 4.04. The van der Waals surface area contributed by atoms with Gasteiger partial charge in [0.2, 0.25) is 9.60 Å². The highest BCUT2D eigenvalue weighted by molar-refractivity contribution is 7.85. The van der Waals surface area contributed by atoms with Crippen LogP contribution < -0.4 is 9.60 Å². The number of rotatable bonds is 17. The minimum Gasteiger partial charge on any atom is -0.744 e. The first-order chi connectivity index (χ1) is 24.6. The number of hydrogen-bond acceptors (Lipinski definition) is 7. The average molecular weight is 750 g/mol. The highest BCUT2D eigenvalue weighted by atomic mass is 32.2. The number of para-hydroxylation sites is 1. The van der Waals surface area contributed by atoms with Gasteiger partial charge in [0.1, 0.15) is 10.1 Å². The number of fused-ring (bicyclic) bond motifs is 2. The van der Waals surface area contributed by atoms with Gasteiger partial charge in [-0.1, -0.05) is 125 Å². The van der Waals surface area contributed by atoms with Crippen LogP contribution in [-0.2, 0) is 23.7 Å². The van der Waals surface area contributed by atoms with Gasteiger partial charge in [-0.25, -0.2) is 8.42 Å². The van der Waals surface area contributed by atoms with E-state index < -0.39 is 10.1 Å². The van der Waals surface area contributed by atoms with Crippen LogP contribution >= 0.6 is 22.7 Å². The lowest BCUT2D eigenvalue weighted by molar-refractivity contribution is -0.929. The fraction of sp³-hybridized carbons (Fsp3) is 0.450. The topological polar surface area (TPSA) is 91.8 Å². The number of thiazole rings is 2. The molecule has 11 heteroatoms. The monoisotopic (exact) mass is 749 g/mol. The third kappa shape index (κ3) is 11.1. The van der Waals surface area contributed by atoms with Crippen molar-refractivity contribution in [2.45, 2.75) is 90.5 Å². The Balaban J connectivity index is 0.000000292. The van der Waals surface area contributed by atoms with E-state index in [9.17, 15) is 13.0 Å². The van der Waals surface area contributed by atoms with Crippen LogP contribution in [0, 0.1) is 0 Å². The van der Waals surface area contributed by atoms with Crippen LogP contribution in [0.5, 0.6) is 0 Å². The molecule has 0 spiro atoms. The zero-order valence-corrected chi connectivity index (χ0v) is 33.5. The minimum atomic E-state index is -4.52. The van der Waals surface area contributed by atoms with Gasteiger partial charge in [0.15, 0.2) is 0 Å². The molecule has 5 aromatic rings. The Kier molecular flexibility index (Phi) is 15.4. The van der Waals surface area contributed by atoms with Crippen molar-refractivity contribution in [1.82, 2.24) is 9.13 Å². The van der Waals surface area contributed by atoms with E-state index in [4.69, 9.17) is 0 Å². The maximum Gasteiger partial charge on any atom is 0.212 e. The maximum absolute atomic E-state index is 11.4. The Morgan fingerprint density at radius 2 is 1.29 bits per heavy atom. The zero-order valence-electron chi connectivity index (χ0n) is 31.0. The number of nitrogens with zero attached hydrogens (tertiary/aromatic N) is 5. The molecule has 0 saturated heterocycles. The standard InChI is InChI=1S/C24H20N4O3S3.C16H36N/c1-3-16-8-10-17(11-9-16)15-28-20-6-4-5-7-21(20)32-24(28)26-25-23-27(2)19-13-12-18(34(29,30)31)14-22(19)33-23;1-5-9-13-17(14-10-6-2,15-11-7-3)16-12-8-4/h3-14H,1,15H2,2H3,(H,29,30,31);5-16H2,1-4H3/q;+1/p-1/b25-23+,26-24+;. The van der Waals surface area contributed by atoms with Gasteiger partial charge >= 0.3 is 0 Å². The van der Waals surface area contributed by atoms with Crippen molar-refractivity contribution in [3.05, 3.63) is 94.0 Å².